The fraction of sp³-hybridized carbons (Fsp3) is 0.565. The van der Waals surface area contributed by atoms with Crippen molar-refractivity contribution in [1.29, 1.82) is 0 Å². The molecule has 6 rings (SSSR count). The number of nitrogens with one attached hydrogen (secondary N) is 3. The number of phenolic OH excluding ortho intramolecular Hbond substituents is 2. The Balaban J connectivity index is 1.16. The second-order valence-corrected chi connectivity index (χ2v) is 20.3. The van der Waals surface area contributed by atoms with Gasteiger partial charge in [0.25, 0.3) is 0 Å². The van der Waals surface area contributed by atoms with E-state index in [1.54, 1.807) is 13.8 Å². The molecule has 9 unspecified atom stereocenters. The van der Waals surface area contributed by atoms with Crippen molar-refractivity contribution < 1.29 is 92.5 Å². The smallest absolute Gasteiger partial charge is 0.334 e. The summed E-state index contributed by atoms with van der Waals surface area (Å²) in [6.07, 6.45) is -8.00. The number of rotatable bonds is 18. The van der Waals surface area contributed by atoms with E-state index in [2.05, 4.69) is 16.0 Å². The van der Waals surface area contributed by atoms with Crippen LogP contribution in [0.25, 0.3) is 0 Å². The van der Waals surface area contributed by atoms with Crippen LogP contribution in [-0.4, -0.2) is 162 Å². The highest BCUT2D eigenvalue weighted by molar-refractivity contribution is 7.52. The number of likely N-dealkylation sites (tertiary alicyclic amines) is 1. The number of hydrogen-bond acceptors (Lipinski definition) is 17. The lowest BCUT2D eigenvalue weighted by molar-refractivity contribution is -0.249. The number of hydrogen-bond donors (Lipinski definition) is 10. The molecule has 0 spiro atoms. The van der Waals surface area contributed by atoms with Crippen molar-refractivity contribution >= 4 is 54.4 Å². The number of aromatic hydroxyl groups is 2. The first-order valence-electron chi connectivity index (χ1n) is 22.8. The van der Waals surface area contributed by atoms with Crippen LogP contribution in [-0.2, 0) is 49.2 Å². The molecule has 70 heavy (non-hydrogen) atoms. The number of ether oxygens (including phenoxy) is 3. The first-order valence-corrected chi connectivity index (χ1v) is 24.6. The number of phenols is 2. The van der Waals surface area contributed by atoms with E-state index in [0.717, 1.165) is 0 Å². The predicted molar refractivity (Wildman–Crippen MR) is 241 cm³/mol. The van der Waals surface area contributed by atoms with Gasteiger partial charge in [-0.25, -0.2) is 0 Å². The Hall–Kier alpha value is -5.65. The second-order valence-electron chi connectivity index (χ2n) is 18.6. The number of ketones is 4. The molecule has 0 saturated carbocycles. The Labute approximate surface area is 401 Å². The van der Waals surface area contributed by atoms with Gasteiger partial charge in [-0.05, 0) is 45.1 Å². The summed E-state index contributed by atoms with van der Waals surface area (Å²) in [5.74, 6) is -8.09. The number of carbonyl (C=O) groups excluding carboxylic acids is 8. The molecule has 0 radical (unpaired) electrons. The molecule has 0 aromatic heterocycles. The molecular weight excluding hydrogens is 943 g/mol. The molecule has 23 nitrogen and oxygen atoms in total. The van der Waals surface area contributed by atoms with E-state index < -0.39 is 157 Å². The average Bonchev–Trinajstić information content (AvgIpc) is 3.79. The second kappa shape index (κ2) is 21.4. The van der Waals surface area contributed by atoms with Crippen molar-refractivity contribution in [3.8, 4) is 17.2 Å². The molecular formula is C46H59N4O19P. The van der Waals surface area contributed by atoms with E-state index in [1.807, 2.05) is 0 Å². The number of carbonyl (C=O) groups is 8. The number of benzene rings is 2. The van der Waals surface area contributed by atoms with E-state index in [9.17, 15) is 68.5 Å². The Morgan fingerprint density at radius 3 is 2.31 bits per heavy atom. The van der Waals surface area contributed by atoms with Crippen molar-refractivity contribution in [2.45, 2.75) is 133 Å². The summed E-state index contributed by atoms with van der Waals surface area (Å²) in [6.45, 7) is 5.35. The van der Waals surface area contributed by atoms with Crippen LogP contribution < -0.4 is 20.7 Å². The number of methoxy groups -OCH3 is 1. The van der Waals surface area contributed by atoms with Gasteiger partial charge in [0.15, 0.2) is 23.6 Å². The number of aliphatic hydroxyl groups is 3. The molecule has 4 amide bonds. The molecule has 2 aliphatic heterocycles. The van der Waals surface area contributed by atoms with Crippen LogP contribution in [0.1, 0.15) is 122 Å². The Kier molecular flexibility index (Phi) is 16.4. The minimum atomic E-state index is -4.70. The molecule has 2 aliphatic carbocycles. The van der Waals surface area contributed by atoms with Gasteiger partial charge in [0.05, 0.1) is 48.1 Å². The van der Waals surface area contributed by atoms with Crippen LogP contribution in [0.2, 0.25) is 0 Å². The maximum atomic E-state index is 14.1. The Morgan fingerprint density at radius 2 is 1.67 bits per heavy atom. The van der Waals surface area contributed by atoms with Gasteiger partial charge < -0.3 is 70.4 Å². The molecule has 2 aromatic carbocycles. The molecule has 0 bridgehead atoms. The summed E-state index contributed by atoms with van der Waals surface area (Å²) in [7, 11) is -3.42. The fourth-order valence-electron chi connectivity index (χ4n) is 9.60. The monoisotopic (exact) mass is 1000 g/mol. The van der Waals surface area contributed by atoms with Crippen LogP contribution in [0.3, 0.4) is 0 Å². The molecule has 2 heterocycles. The Bertz CT molecular complexity index is 2510. The molecule has 24 heteroatoms. The third-order valence-corrected chi connectivity index (χ3v) is 13.8. The minimum Gasteiger partial charge on any atom is -0.507 e. The highest BCUT2D eigenvalue weighted by Gasteiger charge is 2.51. The van der Waals surface area contributed by atoms with Crippen LogP contribution in [0, 0.1) is 5.92 Å². The topological polar surface area (TPSA) is 362 Å². The number of amides is 4. The van der Waals surface area contributed by atoms with Gasteiger partial charge in [0, 0.05) is 55.3 Å². The normalized spacial score (nSPS) is 25.0. The summed E-state index contributed by atoms with van der Waals surface area (Å²) in [5.41, 5.74) is -4.48. The largest absolute Gasteiger partial charge is 0.507 e. The van der Waals surface area contributed by atoms with Gasteiger partial charge in [-0.2, -0.15) is 0 Å². The SMILES string of the molecule is COc1cccc2c1C(=O)c1c(O)c3c(c(O)c1C2=O)CC(O)(C(=O)CO)CC3OC1CC(NC(=O)C2CCCN2C(=O)CCC(=O)C(CC(C)C)NC(=O)C(C)NC(=O)CP(=O)(O)O)C(O)C(C)O1. The number of nitrogens with zero attached hydrogens (tertiary/aromatic N) is 1. The van der Waals surface area contributed by atoms with Gasteiger partial charge in [0.2, 0.25) is 29.4 Å². The van der Waals surface area contributed by atoms with Crippen molar-refractivity contribution in [2.75, 3.05) is 26.4 Å². The van der Waals surface area contributed by atoms with E-state index in [1.165, 1.54) is 44.1 Å². The van der Waals surface area contributed by atoms with Crippen molar-refractivity contribution in [3.05, 3.63) is 51.6 Å². The molecule has 9 atom stereocenters. The first-order chi connectivity index (χ1) is 32.8. The first kappa shape index (κ1) is 53.7. The maximum absolute atomic E-state index is 14.1. The van der Waals surface area contributed by atoms with Crippen molar-refractivity contribution in [3.63, 3.8) is 0 Å². The molecule has 10 N–H and O–H groups in total. The van der Waals surface area contributed by atoms with E-state index in [0.29, 0.717) is 6.42 Å². The van der Waals surface area contributed by atoms with Crippen LogP contribution in [0.4, 0.5) is 0 Å². The quantitative estimate of drug-likeness (QED) is 0.0578. The summed E-state index contributed by atoms with van der Waals surface area (Å²) in [4.78, 5) is 126. The van der Waals surface area contributed by atoms with Gasteiger partial charge in [0.1, 0.15) is 53.8 Å². The standard InChI is InChI=1S/C46H59N4O19P/c1-20(2)14-25(48-44(61)21(3)47-32(54)19-70(64,65)66)28(52)11-12-33(55)50-13-7-9-27(50)45(62)49-26-15-34(68-22(4)39(26)56)69-30-17-46(63,31(53)18-51)16-24-36(30)43(60)38-37(41(24)58)40(57)23-8-6-10-29(67-5)35(23)42(38)59/h6,8,10,20-22,25-27,30,34,39,51,56,58,60,63H,7,9,11-19H2,1-5H3,(H,47,54)(H,48,61)(H,49,62)(H2,64,65,66). The summed E-state index contributed by atoms with van der Waals surface area (Å²) >= 11 is 0. The Morgan fingerprint density at radius 1 is 0.986 bits per heavy atom. The number of fused-ring (bicyclic) bond motifs is 3. The fourth-order valence-corrected chi connectivity index (χ4v) is 10.1. The summed E-state index contributed by atoms with van der Waals surface area (Å²) in [5, 5.41) is 63.8. The minimum absolute atomic E-state index is 0.0158. The van der Waals surface area contributed by atoms with Crippen LogP contribution >= 0.6 is 7.60 Å². The van der Waals surface area contributed by atoms with Gasteiger partial charge in [-0.1, -0.05) is 26.0 Å². The third-order valence-electron chi connectivity index (χ3n) is 13.1. The average molecular weight is 1000 g/mol. The van der Waals surface area contributed by atoms with Gasteiger partial charge in [-0.3, -0.25) is 42.9 Å². The van der Waals surface area contributed by atoms with E-state index in [-0.39, 0.29) is 72.6 Å². The lowest BCUT2D eigenvalue weighted by atomic mass is 9.72. The molecule has 2 fully saturated rings. The summed E-state index contributed by atoms with van der Waals surface area (Å²) < 4.78 is 28.7. The highest BCUT2D eigenvalue weighted by atomic mass is 31.2. The van der Waals surface area contributed by atoms with Gasteiger partial charge >= 0.3 is 7.60 Å². The molecule has 4 aliphatic rings. The molecule has 382 valence electrons. The maximum Gasteiger partial charge on any atom is 0.334 e. The van der Waals surface area contributed by atoms with E-state index in [4.69, 9.17) is 24.0 Å². The summed E-state index contributed by atoms with van der Waals surface area (Å²) in [6, 6.07) is -0.257. The van der Waals surface area contributed by atoms with Crippen molar-refractivity contribution in [1.82, 2.24) is 20.9 Å². The van der Waals surface area contributed by atoms with Crippen LogP contribution in [0.15, 0.2) is 18.2 Å². The highest BCUT2D eigenvalue weighted by Crippen LogP contribution is 2.52. The molecule has 2 saturated heterocycles. The third kappa shape index (κ3) is 11.3. The van der Waals surface area contributed by atoms with Crippen molar-refractivity contribution in [2.24, 2.45) is 5.92 Å². The zero-order valence-corrected chi connectivity index (χ0v) is 40.0. The number of aliphatic hydroxyl groups excluding tert-OH is 2. The lowest BCUT2D eigenvalue weighted by Crippen LogP contribution is -2.58. The zero-order valence-electron chi connectivity index (χ0n) is 39.1. The zero-order chi connectivity index (χ0) is 51.7. The van der Waals surface area contributed by atoms with Gasteiger partial charge in [-0.15, -0.1) is 0 Å². The molecule has 2 aromatic rings. The predicted octanol–water partition coefficient (Wildman–Crippen LogP) is -0.288. The van der Waals surface area contributed by atoms with E-state index >= 15 is 0 Å². The lowest BCUT2D eigenvalue weighted by Gasteiger charge is -2.43. The van der Waals surface area contributed by atoms with Crippen LogP contribution in [0.5, 0.6) is 17.2 Å². The number of Topliss-reactive ketones (excluding diaryl/α,β-unsaturated/α-hetero) is 2.